The van der Waals surface area contributed by atoms with E-state index in [2.05, 4.69) is 15.8 Å². The van der Waals surface area contributed by atoms with Gasteiger partial charge in [-0.3, -0.25) is 9.59 Å². The molecule has 0 fully saturated rings. The van der Waals surface area contributed by atoms with Crippen LogP contribution >= 0.6 is 11.6 Å². The Morgan fingerprint density at radius 1 is 1.19 bits per heavy atom. The van der Waals surface area contributed by atoms with Crippen LogP contribution in [0.2, 0.25) is 5.02 Å². The third-order valence-electron chi connectivity index (χ3n) is 3.29. The van der Waals surface area contributed by atoms with Crippen LogP contribution in [-0.2, 0) is 9.59 Å². The second-order valence-electron chi connectivity index (χ2n) is 5.28. The number of anilines is 1. The van der Waals surface area contributed by atoms with E-state index < -0.39 is 5.91 Å². The minimum atomic E-state index is -0.395. The normalized spacial score (nSPS) is 10.5. The monoisotopic (exact) mass is 375 g/mol. The van der Waals surface area contributed by atoms with Crippen LogP contribution in [-0.4, -0.2) is 30.2 Å². The predicted molar refractivity (Wildman–Crippen MR) is 99.7 cm³/mol. The Morgan fingerprint density at radius 3 is 2.69 bits per heavy atom. The van der Waals surface area contributed by atoms with Crippen LogP contribution in [0, 0.1) is 0 Å². The van der Waals surface area contributed by atoms with E-state index in [4.69, 9.17) is 16.3 Å². The van der Waals surface area contributed by atoms with Gasteiger partial charge in [-0.05, 0) is 42.0 Å². The summed E-state index contributed by atoms with van der Waals surface area (Å²) in [5, 5.41) is 16.5. The summed E-state index contributed by atoms with van der Waals surface area (Å²) in [6.07, 6.45) is 1.41. The average Bonchev–Trinajstić information content (AvgIpc) is 2.61. The maximum absolute atomic E-state index is 11.8. The van der Waals surface area contributed by atoms with Crippen molar-refractivity contribution in [2.75, 3.05) is 12.4 Å². The number of hydrazone groups is 1. The first-order valence-corrected chi connectivity index (χ1v) is 8.10. The molecule has 0 heterocycles. The summed E-state index contributed by atoms with van der Waals surface area (Å²) >= 11 is 5.84. The summed E-state index contributed by atoms with van der Waals surface area (Å²) in [6, 6.07) is 11.4. The van der Waals surface area contributed by atoms with Gasteiger partial charge in [-0.1, -0.05) is 17.7 Å². The van der Waals surface area contributed by atoms with E-state index in [0.29, 0.717) is 22.0 Å². The van der Waals surface area contributed by atoms with Gasteiger partial charge in [0.25, 0.3) is 0 Å². The molecule has 3 N–H and O–H groups in total. The van der Waals surface area contributed by atoms with Crippen molar-refractivity contribution in [3.8, 4) is 11.5 Å². The van der Waals surface area contributed by atoms with Crippen LogP contribution in [0.1, 0.15) is 18.4 Å². The maximum Gasteiger partial charge on any atom is 0.240 e. The zero-order valence-corrected chi connectivity index (χ0v) is 14.8. The Balaban J connectivity index is 1.77. The molecule has 2 amide bonds. The van der Waals surface area contributed by atoms with Crippen LogP contribution < -0.4 is 15.5 Å². The van der Waals surface area contributed by atoms with E-state index in [-0.39, 0.29) is 24.5 Å². The maximum atomic E-state index is 11.8. The molecule has 0 aliphatic carbocycles. The summed E-state index contributed by atoms with van der Waals surface area (Å²) in [6.45, 7) is 0. The number of carbonyl (C=O) groups excluding carboxylic acids is 2. The summed E-state index contributed by atoms with van der Waals surface area (Å²) in [5.41, 5.74) is 3.55. The molecular weight excluding hydrogens is 358 g/mol. The minimum Gasteiger partial charge on any atom is -0.504 e. The number of amides is 2. The van der Waals surface area contributed by atoms with Crippen LogP contribution in [0.3, 0.4) is 0 Å². The topological polar surface area (TPSA) is 100 Å². The van der Waals surface area contributed by atoms with Gasteiger partial charge in [0.2, 0.25) is 11.8 Å². The van der Waals surface area contributed by atoms with Crippen molar-refractivity contribution >= 4 is 35.3 Å². The first-order valence-electron chi connectivity index (χ1n) is 7.72. The molecule has 2 aromatic carbocycles. The Morgan fingerprint density at radius 2 is 1.96 bits per heavy atom. The lowest BCUT2D eigenvalue weighted by Crippen LogP contribution is -2.20. The van der Waals surface area contributed by atoms with Crippen molar-refractivity contribution in [2.24, 2.45) is 5.10 Å². The van der Waals surface area contributed by atoms with E-state index >= 15 is 0 Å². The molecule has 8 heteroatoms. The van der Waals surface area contributed by atoms with E-state index in [1.54, 1.807) is 36.4 Å². The second kappa shape index (κ2) is 9.43. The Kier molecular flexibility index (Phi) is 6.99. The van der Waals surface area contributed by atoms with Crippen molar-refractivity contribution in [3.63, 3.8) is 0 Å². The zero-order valence-electron chi connectivity index (χ0n) is 14.0. The molecule has 7 nitrogen and oxygen atoms in total. The molecule has 0 atom stereocenters. The molecule has 2 aromatic rings. The van der Waals surface area contributed by atoms with Gasteiger partial charge in [0, 0.05) is 23.6 Å². The third kappa shape index (κ3) is 6.10. The fourth-order valence-corrected chi connectivity index (χ4v) is 2.22. The number of hydrogen-bond acceptors (Lipinski definition) is 5. The van der Waals surface area contributed by atoms with E-state index in [1.165, 1.54) is 19.4 Å². The number of ether oxygens (including phenoxy) is 1. The van der Waals surface area contributed by atoms with E-state index in [9.17, 15) is 14.7 Å². The lowest BCUT2D eigenvalue weighted by molar-refractivity contribution is -0.124. The van der Waals surface area contributed by atoms with E-state index in [0.717, 1.165) is 0 Å². The molecule has 0 bridgehead atoms. The van der Waals surface area contributed by atoms with Crippen molar-refractivity contribution in [3.05, 3.63) is 53.1 Å². The molecule has 0 unspecified atom stereocenters. The highest BCUT2D eigenvalue weighted by atomic mass is 35.5. The van der Waals surface area contributed by atoms with Crippen LogP contribution in [0.25, 0.3) is 0 Å². The van der Waals surface area contributed by atoms with E-state index in [1.807, 2.05) is 0 Å². The van der Waals surface area contributed by atoms with Gasteiger partial charge in [-0.25, -0.2) is 5.43 Å². The highest BCUT2D eigenvalue weighted by Crippen LogP contribution is 2.25. The number of carbonyl (C=O) groups is 2. The molecule has 0 aliphatic heterocycles. The smallest absolute Gasteiger partial charge is 0.240 e. The van der Waals surface area contributed by atoms with Crippen LogP contribution in [0.4, 0.5) is 5.69 Å². The first-order chi connectivity index (χ1) is 12.5. The molecule has 136 valence electrons. The highest BCUT2D eigenvalue weighted by Gasteiger charge is 2.07. The lowest BCUT2D eigenvalue weighted by atomic mass is 10.2. The van der Waals surface area contributed by atoms with Crippen molar-refractivity contribution in [1.29, 1.82) is 0 Å². The molecule has 2 rings (SSSR count). The summed E-state index contributed by atoms with van der Waals surface area (Å²) in [7, 11) is 1.44. The fourth-order valence-electron chi connectivity index (χ4n) is 2.03. The minimum absolute atomic E-state index is 0.0113. The standard InChI is InChI=1S/C18H18ClN3O4/c1-26-16-9-12(5-6-15(16)23)11-20-22-18(25)8-7-17(24)21-14-4-2-3-13(19)10-14/h2-6,9-11,23H,7-8H2,1H3,(H,21,24)(H,22,25)/b20-11+. The molecule has 0 aliphatic rings. The number of phenolic OH excluding ortho intramolecular Hbond substituents is 1. The Bertz CT molecular complexity index is 824. The molecule has 0 radical (unpaired) electrons. The number of rotatable bonds is 7. The summed E-state index contributed by atoms with van der Waals surface area (Å²) < 4.78 is 4.98. The predicted octanol–water partition coefficient (Wildman–Crippen LogP) is 2.92. The Labute approximate surface area is 155 Å². The van der Waals surface area contributed by atoms with Gasteiger partial charge in [0.1, 0.15) is 0 Å². The lowest BCUT2D eigenvalue weighted by Gasteiger charge is -2.05. The number of benzene rings is 2. The number of aromatic hydroxyl groups is 1. The van der Waals surface area contributed by atoms with Gasteiger partial charge >= 0.3 is 0 Å². The van der Waals surface area contributed by atoms with Gasteiger partial charge in [-0.2, -0.15) is 5.10 Å². The molecule has 0 aromatic heterocycles. The van der Waals surface area contributed by atoms with Gasteiger partial charge in [0.15, 0.2) is 11.5 Å². The van der Waals surface area contributed by atoms with Crippen LogP contribution in [0.15, 0.2) is 47.6 Å². The average molecular weight is 376 g/mol. The molecular formula is C18H18ClN3O4. The molecule has 26 heavy (non-hydrogen) atoms. The summed E-state index contributed by atoms with van der Waals surface area (Å²) in [5.74, 6) is -0.375. The van der Waals surface area contributed by atoms with Gasteiger partial charge in [0.05, 0.1) is 13.3 Å². The van der Waals surface area contributed by atoms with Crippen molar-refractivity contribution in [2.45, 2.75) is 12.8 Å². The Hall–Kier alpha value is -3.06. The number of nitrogens with zero attached hydrogens (tertiary/aromatic N) is 1. The number of nitrogens with one attached hydrogen (secondary N) is 2. The third-order valence-corrected chi connectivity index (χ3v) is 3.53. The van der Waals surface area contributed by atoms with Crippen molar-refractivity contribution in [1.82, 2.24) is 5.43 Å². The van der Waals surface area contributed by atoms with Gasteiger partial charge < -0.3 is 15.2 Å². The fraction of sp³-hybridized carbons (Fsp3) is 0.167. The SMILES string of the molecule is COc1cc(/C=N/NC(=O)CCC(=O)Nc2cccc(Cl)c2)ccc1O. The van der Waals surface area contributed by atoms with Gasteiger partial charge in [-0.15, -0.1) is 0 Å². The van der Waals surface area contributed by atoms with Crippen molar-refractivity contribution < 1.29 is 19.4 Å². The largest absolute Gasteiger partial charge is 0.504 e. The molecule has 0 spiro atoms. The molecule has 0 saturated heterocycles. The molecule has 0 saturated carbocycles. The number of halogens is 1. The second-order valence-corrected chi connectivity index (χ2v) is 5.72. The summed E-state index contributed by atoms with van der Waals surface area (Å²) in [4.78, 5) is 23.5. The number of phenols is 1. The zero-order chi connectivity index (χ0) is 18.9. The quantitative estimate of drug-likeness (QED) is 0.511. The van der Waals surface area contributed by atoms with Crippen LogP contribution in [0.5, 0.6) is 11.5 Å². The number of hydrogen-bond donors (Lipinski definition) is 3. The first kappa shape index (κ1) is 19.3. The highest BCUT2D eigenvalue weighted by molar-refractivity contribution is 6.30. The number of methoxy groups -OCH3 is 1.